The van der Waals surface area contributed by atoms with E-state index in [0.717, 1.165) is 19.4 Å². The highest BCUT2D eigenvalue weighted by atomic mass is 16.5. The second-order valence-electron chi connectivity index (χ2n) is 6.92. The summed E-state index contributed by atoms with van der Waals surface area (Å²) in [6.07, 6.45) is 5.28. The van der Waals surface area contributed by atoms with Crippen LogP contribution >= 0.6 is 0 Å². The third-order valence-corrected chi connectivity index (χ3v) is 5.16. The minimum absolute atomic E-state index is 0.0172. The van der Waals surface area contributed by atoms with Gasteiger partial charge in [0.15, 0.2) is 0 Å². The fourth-order valence-electron chi connectivity index (χ4n) is 3.65. The van der Waals surface area contributed by atoms with E-state index in [-0.39, 0.29) is 29.9 Å². The number of carbonyl (C=O) groups is 2. The maximum atomic E-state index is 12.9. The van der Waals surface area contributed by atoms with Crippen molar-refractivity contribution in [2.24, 2.45) is 11.7 Å². The number of morpholine rings is 1. The lowest BCUT2D eigenvalue weighted by Crippen LogP contribution is -2.55. The van der Waals surface area contributed by atoms with Gasteiger partial charge in [-0.25, -0.2) is 0 Å². The summed E-state index contributed by atoms with van der Waals surface area (Å²) >= 11 is 0. The Bertz CT molecular complexity index is 591. The number of primary amides is 1. The van der Waals surface area contributed by atoms with Gasteiger partial charge in [0.25, 0.3) is 0 Å². The zero-order valence-corrected chi connectivity index (χ0v) is 14.7. The predicted octanol–water partition coefficient (Wildman–Crippen LogP) is -0.304. The number of hydrogen-bond acceptors (Lipinski definition) is 5. The van der Waals surface area contributed by atoms with Crippen LogP contribution < -0.4 is 5.73 Å². The largest absolute Gasteiger partial charge is 0.374 e. The zero-order valence-electron chi connectivity index (χ0n) is 14.7. The van der Waals surface area contributed by atoms with Crippen LogP contribution in [0, 0.1) is 5.92 Å². The second kappa shape index (κ2) is 7.97. The van der Waals surface area contributed by atoms with Gasteiger partial charge in [0.2, 0.25) is 11.8 Å². The fraction of sp³-hybridized carbons (Fsp3) is 0.706. The lowest BCUT2D eigenvalue weighted by molar-refractivity contribution is -0.142. The molecule has 2 amide bonds. The van der Waals surface area contributed by atoms with Gasteiger partial charge < -0.3 is 15.4 Å². The smallest absolute Gasteiger partial charge is 0.239 e. The average Bonchev–Trinajstić information content (AvgIpc) is 3.13. The Balaban J connectivity index is 1.56. The monoisotopic (exact) mass is 349 g/mol. The molecule has 2 aliphatic heterocycles. The van der Waals surface area contributed by atoms with Gasteiger partial charge in [0, 0.05) is 38.6 Å². The molecule has 0 saturated carbocycles. The van der Waals surface area contributed by atoms with Crippen LogP contribution in [0.15, 0.2) is 18.5 Å². The number of rotatable bonds is 5. The van der Waals surface area contributed by atoms with E-state index >= 15 is 0 Å². The van der Waals surface area contributed by atoms with Crippen LogP contribution in [0.5, 0.6) is 0 Å². The first-order valence-corrected chi connectivity index (χ1v) is 8.96. The molecule has 2 fully saturated rings. The summed E-state index contributed by atoms with van der Waals surface area (Å²) in [4.78, 5) is 28.3. The second-order valence-corrected chi connectivity index (χ2v) is 6.92. The Hall–Kier alpha value is -1.93. The highest BCUT2D eigenvalue weighted by Gasteiger charge is 2.33. The van der Waals surface area contributed by atoms with Crippen molar-refractivity contribution < 1.29 is 14.3 Å². The minimum atomic E-state index is -0.309. The van der Waals surface area contributed by atoms with Gasteiger partial charge in [-0.15, -0.1) is 0 Å². The number of nitrogens with zero attached hydrogens (tertiary/aromatic N) is 4. The lowest BCUT2D eigenvalue weighted by Gasteiger charge is -2.39. The van der Waals surface area contributed by atoms with Crippen LogP contribution in [0.25, 0.3) is 0 Å². The lowest BCUT2D eigenvalue weighted by atomic mass is 9.97. The van der Waals surface area contributed by atoms with Crippen molar-refractivity contribution in [3.63, 3.8) is 0 Å². The summed E-state index contributed by atoms with van der Waals surface area (Å²) in [6, 6.07) is 1.66. The molecule has 1 aromatic heterocycles. The Kier molecular flexibility index (Phi) is 5.70. The van der Waals surface area contributed by atoms with Gasteiger partial charge in [0.05, 0.1) is 31.2 Å². The van der Waals surface area contributed by atoms with Crippen molar-refractivity contribution in [1.29, 1.82) is 0 Å². The first-order valence-electron chi connectivity index (χ1n) is 8.96. The van der Waals surface area contributed by atoms with E-state index in [2.05, 4.69) is 10.00 Å². The van der Waals surface area contributed by atoms with E-state index in [1.807, 2.05) is 23.9 Å². The molecule has 2 N–H and O–H groups in total. The van der Waals surface area contributed by atoms with E-state index in [1.54, 1.807) is 11.1 Å². The predicted molar refractivity (Wildman–Crippen MR) is 91.5 cm³/mol. The number of amides is 2. The van der Waals surface area contributed by atoms with Gasteiger partial charge in [-0.05, 0) is 25.8 Å². The topological polar surface area (TPSA) is 93.7 Å². The van der Waals surface area contributed by atoms with E-state index in [9.17, 15) is 9.59 Å². The van der Waals surface area contributed by atoms with Crippen molar-refractivity contribution >= 4 is 11.8 Å². The molecule has 3 heterocycles. The van der Waals surface area contributed by atoms with Crippen LogP contribution in [0.3, 0.4) is 0 Å². The van der Waals surface area contributed by atoms with E-state index < -0.39 is 0 Å². The fourth-order valence-corrected chi connectivity index (χ4v) is 3.65. The van der Waals surface area contributed by atoms with Gasteiger partial charge in [-0.2, -0.15) is 5.10 Å². The molecule has 8 nitrogen and oxygen atoms in total. The number of nitrogens with two attached hydrogens (primary N) is 1. The average molecular weight is 349 g/mol. The molecule has 3 atom stereocenters. The van der Waals surface area contributed by atoms with Crippen LogP contribution in [-0.2, 0) is 20.9 Å². The van der Waals surface area contributed by atoms with Crippen molar-refractivity contribution in [2.45, 2.75) is 38.5 Å². The van der Waals surface area contributed by atoms with Crippen LogP contribution in [0.2, 0.25) is 0 Å². The number of carbonyl (C=O) groups excluding carboxylic acids is 2. The molecule has 0 spiro atoms. The zero-order chi connectivity index (χ0) is 17.8. The maximum absolute atomic E-state index is 12.9. The number of ether oxygens (including phenoxy) is 1. The van der Waals surface area contributed by atoms with Crippen LogP contribution in [0.1, 0.15) is 19.8 Å². The Morgan fingerprint density at radius 3 is 2.92 bits per heavy atom. The maximum Gasteiger partial charge on any atom is 0.239 e. The molecule has 2 aliphatic rings. The van der Waals surface area contributed by atoms with Crippen molar-refractivity contribution in [1.82, 2.24) is 19.6 Å². The Labute approximate surface area is 147 Å². The number of hydrogen-bond donors (Lipinski definition) is 1. The normalized spacial score (nSPS) is 26.4. The van der Waals surface area contributed by atoms with Gasteiger partial charge in [-0.3, -0.25) is 19.2 Å². The summed E-state index contributed by atoms with van der Waals surface area (Å²) in [7, 11) is 0. The van der Waals surface area contributed by atoms with E-state index in [0.29, 0.717) is 32.8 Å². The molecule has 2 saturated heterocycles. The molecule has 1 aromatic rings. The molecule has 25 heavy (non-hydrogen) atoms. The quantitative estimate of drug-likeness (QED) is 0.787. The molecule has 0 aliphatic carbocycles. The first-order chi connectivity index (χ1) is 12.0. The molecule has 3 rings (SSSR count). The molecule has 138 valence electrons. The summed E-state index contributed by atoms with van der Waals surface area (Å²) in [5.74, 6) is -0.455. The van der Waals surface area contributed by atoms with E-state index in [1.165, 1.54) is 0 Å². The molecule has 0 aromatic carbocycles. The molecular weight excluding hydrogens is 322 g/mol. The number of piperidine rings is 1. The number of aromatic nitrogens is 2. The molecule has 0 radical (unpaired) electrons. The summed E-state index contributed by atoms with van der Waals surface area (Å²) in [5, 5.41) is 4.21. The highest BCUT2D eigenvalue weighted by molar-refractivity contribution is 5.83. The van der Waals surface area contributed by atoms with Crippen molar-refractivity contribution in [3.8, 4) is 0 Å². The first kappa shape index (κ1) is 17.9. The number of likely N-dealkylation sites (tertiary alicyclic amines) is 1. The molecule has 0 unspecified atom stereocenters. The minimum Gasteiger partial charge on any atom is -0.374 e. The Morgan fingerprint density at radius 2 is 2.20 bits per heavy atom. The van der Waals surface area contributed by atoms with Crippen molar-refractivity contribution in [3.05, 3.63) is 18.5 Å². The third kappa shape index (κ3) is 4.38. The van der Waals surface area contributed by atoms with Crippen molar-refractivity contribution in [2.75, 3.05) is 32.8 Å². The SMILES string of the molecule is C[C@H](C(=O)N1CCC[C@H](C(N)=O)C1)N1CCO[C@@H](Cn2cccn2)C1. The van der Waals surface area contributed by atoms with E-state index in [4.69, 9.17) is 10.5 Å². The summed E-state index contributed by atoms with van der Waals surface area (Å²) in [6.45, 7) is 5.79. The van der Waals surface area contributed by atoms with Crippen LogP contribution in [-0.4, -0.2) is 76.3 Å². The van der Waals surface area contributed by atoms with Gasteiger partial charge in [0.1, 0.15) is 0 Å². The highest BCUT2D eigenvalue weighted by Crippen LogP contribution is 2.19. The third-order valence-electron chi connectivity index (χ3n) is 5.16. The Morgan fingerprint density at radius 1 is 1.36 bits per heavy atom. The molecule has 0 bridgehead atoms. The summed E-state index contributed by atoms with van der Waals surface area (Å²) < 4.78 is 7.67. The molecular formula is C17H27N5O3. The van der Waals surface area contributed by atoms with Gasteiger partial charge in [-0.1, -0.05) is 0 Å². The van der Waals surface area contributed by atoms with Gasteiger partial charge >= 0.3 is 0 Å². The molecule has 8 heteroatoms. The van der Waals surface area contributed by atoms with Crippen LogP contribution in [0.4, 0.5) is 0 Å². The standard InChI is InChI=1S/C17H27N5O3/c1-13(17(24)21-6-2-4-14(10-21)16(18)23)20-8-9-25-15(11-20)12-22-7-3-5-19-22/h3,5,7,13-15H,2,4,6,8-12H2,1H3,(H2,18,23)/t13-,14+,15-/m1/s1. The summed E-state index contributed by atoms with van der Waals surface area (Å²) in [5.41, 5.74) is 5.42.